The zero-order chi connectivity index (χ0) is 15.4. The van der Waals surface area contributed by atoms with E-state index < -0.39 is 17.4 Å². The Hall–Kier alpha value is -1.26. The molecule has 1 unspecified atom stereocenters. The summed E-state index contributed by atoms with van der Waals surface area (Å²) in [7, 11) is 0. The van der Waals surface area contributed by atoms with Crippen LogP contribution < -0.4 is 10.6 Å². The number of rotatable bonds is 4. The van der Waals surface area contributed by atoms with Crippen LogP contribution >= 0.6 is 0 Å². The first-order valence-electron chi connectivity index (χ1n) is 7.41. The standard InChI is InChI=1S/C15H28N2O3/c1-14(2,3)11(12(18)19)17-13(20)16-10-15(4)8-6-5-7-9-15/h11H,5-10H2,1-4H3,(H,18,19)(H2,16,17,20). The number of hydrogen-bond acceptors (Lipinski definition) is 2. The molecule has 0 aromatic carbocycles. The van der Waals surface area contributed by atoms with Gasteiger partial charge < -0.3 is 15.7 Å². The number of carbonyl (C=O) groups excluding carboxylic acids is 1. The van der Waals surface area contributed by atoms with E-state index in [9.17, 15) is 14.7 Å². The van der Waals surface area contributed by atoms with Crippen LogP contribution in [0, 0.1) is 10.8 Å². The number of carboxylic acid groups (broad SMARTS) is 1. The Labute approximate surface area is 121 Å². The molecule has 1 saturated carbocycles. The predicted octanol–water partition coefficient (Wildman–Crippen LogP) is 2.76. The Bertz CT molecular complexity index is 355. The highest BCUT2D eigenvalue weighted by molar-refractivity contribution is 5.83. The average Bonchev–Trinajstić information content (AvgIpc) is 2.33. The molecule has 3 N–H and O–H groups in total. The van der Waals surface area contributed by atoms with Crippen molar-refractivity contribution in [3.05, 3.63) is 0 Å². The maximum atomic E-state index is 11.9. The fraction of sp³-hybridized carbons (Fsp3) is 0.867. The first-order chi connectivity index (χ1) is 9.14. The summed E-state index contributed by atoms with van der Waals surface area (Å²) in [6, 6.07) is -1.28. The van der Waals surface area contributed by atoms with Crippen molar-refractivity contribution in [1.29, 1.82) is 0 Å². The lowest BCUT2D eigenvalue weighted by atomic mass is 9.76. The predicted molar refractivity (Wildman–Crippen MR) is 78.6 cm³/mol. The molecule has 1 aliphatic rings. The minimum absolute atomic E-state index is 0.149. The van der Waals surface area contributed by atoms with Gasteiger partial charge in [-0.25, -0.2) is 9.59 Å². The number of amides is 2. The van der Waals surface area contributed by atoms with Crippen LogP contribution in [0.25, 0.3) is 0 Å². The molecule has 0 aliphatic heterocycles. The molecule has 5 nitrogen and oxygen atoms in total. The molecule has 0 aromatic rings. The van der Waals surface area contributed by atoms with Crippen molar-refractivity contribution in [1.82, 2.24) is 10.6 Å². The van der Waals surface area contributed by atoms with Crippen LogP contribution in [-0.4, -0.2) is 29.7 Å². The summed E-state index contributed by atoms with van der Waals surface area (Å²) in [4.78, 5) is 23.1. The van der Waals surface area contributed by atoms with Crippen LogP contribution in [0.2, 0.25) is 0 Å². The second-order valence-electron chi connectivity index (χ2n) is 7.34. The van der Waals surface area contributed by atoms with E-state index in [-0.39, 0.29) is 11.4 Å². The fourth-order valence-electron chi connectivity index (χ4n) is 2.71. The number of carboxylic acids is 1. The number of nitrogens with one attached hydrogen (secondary N) is 2. The van der Waals surface area contributed by atoms with Crippen LogP contribution in [0.4, 0.5) is 4.79 Å². The Balaban J connectivity index is 2.48. The van der Waals surface area contributed by atoms with E-state index >= 15 is 0 Å². The smallest absolute Gasteiger partial charge is 0.326 e. The van der Waals surface area contributed by atoms with Gasteiger partial charge in [0.25, 0.3) is 0 Å². The van der Waals surface area contributed by atoms with Gasteiger partial charge in [-0.15, -0.1) is 0 Å². The number of carbonyl (C=O) groups is 2. The molecule has 1 fully saturated rings. The van der Waals surface area contributed by atoms with Crippen LogP contribution in [0.5, 0.6) is 0 Å². The van der Waals surface area contributed by atoms with E-state index in [0.717, 1.165) is 12.8 Å². The quantitative estimate of drug-likeness (QED) is 0.742. The van der Waals surface area contributed by atoms with E-state index in [1.54, 1.807) is 20.8 Å². The Morgan fingerprint density at radius 2 is 1.75 bits per heavy atom. The van der Waals surface area contributed by atoms with E-state index in [1.165, 1.54) is 19.3 Å². The lowest BCUT2D eigenvalue weighted by Gasteiger charge is -2.34. The molecule has 1 aliphatic carbocycles. The van der Waals surface area contributed by atoms with Crippen LogP contribution in [0.1, 0.15) is 59.8 Å². The molecule has 0 saturated heterocycles. The van der Waals surface area contributed by atoms with Gasteiger partial charge in [-0.05, 0) is 23.7 Å². The van der Waals surface area contributed by atoms with E-state index in [2.05, 4.69) is 17.6 Å². The molecular formula is C15H28N2O3. The maximum absolute atomic E-state index is 11.9. The largest absolute Gasteiger partial charge is 0.480 e. The molecule has 0 bridgehead atoms. The van der Waals surface area contributed by atoms with Gasteiger partial charge in [-0.2, -0.15) is 0 Å². The monoisotopic (exact) mass is 284 g/mol. The Morgan fingerprint density at radius 1 is 1.20 bits per heavy atom. The van der Waals surface area contributed by atoms with Gasteiger partial charge in [0.15, 0.2) is 0 Å². The topological polar surface area (TPSA) is 78.4 Å². The highest BCUT2D eigenvalue weighted by atomic mass is 16.4. The SMILES string of the molecule is CC1(CNC(=O)NC(C(=O)O)C(C)(C)C)CCCCC1. The Kier molecular flexibility index (Phi) is 5.42. The van der Waals surface area contributed by atoms with E-state index in [0.29, 0.717) is 6.54 Å². The zero-order valence-electron chi connectivity index (χ0n) is 13.1. The van der Waals surface area contributed by atoms with Gasteiger partial charge in [0.1, 0.15) is 6.04 Å². The van der Waals surface area contributed by atoms with Gasteiger partial charge in [-0.3, -0.25) is 0 Å². The summed E-state index contributed by atoms with van der Waals surface area (Å²) in [5.74, 6) is -1.00. The Morgan fingerprint density at radius 3 is 2.20 bits per heavy atom. The highest BCUT2D eigenvalue weighted by Gasteiger charge is 2.33. The molecule has 5 heteroatoms. The lowest BCUT2D eigenvalue weighted by molar-refractivity contribution is -0.141. The van der Waals surface area contributed by atoms with Crippen molar-refractivity contribution in [3.63, 3.8) is 0 Å². The second-order valence-corrected chi connectivity index (χ2v) is 7.34. The highest BCUT2D eigenvalue weighted by Crippen LogP contribution is 2.34. The van der Waals surface area contributed by atoms with Gasteiger partial charge in [0, 0.05) is 6.54 Å². The molecule has 20 heavy (non-hydrogen) atoms. The van der Waals surface area contributed by atoms with Crippen LogP contribution in [0.3, 0.4) is 0 Å². The molecule has 1 rings (SSSR count). The molecule has 0 spiro atoms. The first-order valence-corrected chi connectivity index (χ1v) is 7.41. The van der Waals surface area contributed by atoms with E-state index in [4.69, 9.17) is 0 Å². The minimum Gasteiger partial charge on any atom is -0.480 e. The lowest BCUT2D eigenvalue weighted by Crippen LogP contribution is -2.53. The fourth-order valence-corrected chi connectivity index (χ4v) is 2.71. The number of urea groups is 1. The molecular weight excluding hydrogens is 256 g/mol. The summed E-state index contributed by atoms with van der Waals surface area (Å²) >= 11 is 0. The first kappa shape index (κ1) is 16.8. The summed E-state index contributed by atoms with van der Waals surface area (Å²) in [5.41, 5.74) is -0.367. The summed E-state index contributed by atoms with van der Waals surface area (Å²) in [6.07, 6.45) is 5.93. The third kappa shape index (κ3) is 5.02. The molecule has 0 aromatic heterocycles. The van der Waals surface area contributed by atoms with Crippen molar-refractivity contribution in [2.24, 2.45) is 10.8 Å². The molecule has 1 atom stereocenters. The van der Waals surface area contributed by atoms with Crippen molar-refractivity contribution in [2.75, 3.05) is 6.54 Å². The number of aliphatic carboxylic acids is 1. The molecule has 116 valence electrons. The number of hydrogen-bond donors (Lipinski definition) is 3. The normalized spacial score (nSPS) is 20.0. The summed E-state index contributed by atoms with van der Waals surface area (Å²) < 4.78 is 0. The van der Waals surface area contributed by atoms with Gasteiger partial charge >= 0.3 is 12.0 Å². The maximum Gasteiger partial charge on any atom is 0.326 e. The second kappa shape index (κ2) is 6.46. The van der Waals surface area contributed by atoms with Crippen molar-refractivity contribution < 1.29 is 14.7 Å². The van der Waals surface area contributed by atoms with Crippen LogP contribution in [-0.2, 0) is 4.79 Å². The van der Waals surface area contributed by atoms with Gasteiger partial charge in [0.05, 0.1) is 0 Å². The van der Waals surface area contributed by atoms with Gasteiger partial charge in [-0.1, -0.05) is 47.0 Å². The third-order valence-corrected chi connectivity index (χ3v) is 4.12. The van der Waals surface area contributed by atoms with Crippen molar-refractivity contribution >= 4 is 12.0 Å². The zero-order valence-corrected chi connectivity index (χ0v) is 13.1. The summed E-state index contributed by atoms with van der Waals surface area (Å²) in [6.45, 7) is 8.19. The van der Waals surface area contributed by atoms with E-state index in [1.807, 2.05) is 0 Å². The van der Waals surface area contributed by atoms with Crippen LogP contribution in [0.15, 0.2) is 0 Å². The summed E-state index contributed by atoms with van der Waals surface area (Å²) in [5, 5.41) is 14.6. The van der Waals surface area contributed by atoms with Gasteiger partial charge in [0.2, 0.25) is 0 Å². The molecule has 2 amide bonds. The van der Waals surface area contributed by atoms with Crippen molar-refractivity contribution in [3.8, 4) is 0 Å². The van der Waals surface area contributed by atoms with Crippen molar-refractivity contribution in [2.45, 2.75) is 65.8 Å². The minimum atomic E-state index is -1.00. The molecule has 0 radical (unpaired) electrons. The molecule has 0 heterocycles. The third-order valence-electron chi connectivity index (χ3n) is 4.12. The average molecular weight is 284 g/mol.